The molecule has 0 bridgehead atoms. The Morgan fingerprint density at radius 2 is 1.76 bits per heavy atom. The maximum absolute atomic E-state index is 14.0. The van der Waals surface area contributed by atoms with Gasteiger partial charge in [0.1, 0.15) is 16.7 Å². The lowest BCUT2D eigenvalue weighted by molar-refractivity contribution is -0.147. The summed E-state index contributed by atoms with van der Waals surface area (Å²) in [5.41, 5.74) is 4.11. The molecule has 1 aromatic heterocycles. The van der Waals surface area contributed by atoms with E-state index >= 15 is 0 Å². The summed E-state index contributed by atoms with van der Waals surface area (Å²) in [6.07, 6.45) is -1.48. The minimum Gasteiger partial charge on any atom is -0.448 e. The largest absolute Gasteiger partial charge is 0.448 e. The van der Waals surface area contributed by atoms with Crippen LogP contribution >= 0.6 is 23.5 Å². The van der Waals surface area contributed by atoms with E-state index in [4.69, 9.17) is 9.47 Å². The number of hydrogen-bond acceptors (Lipinski definition) is 11. The Labute approximate surface area is 250 Å². The number of aryl methyl sites for hydroxylation is 1. The molecule has 14 heteroatoms. The molecule has 0 spiro atoms. The van der Waals surface area contributed by atoms with E-state index in [0.29, 0.717) is 22.2 Å². The fourth-order valence-electron chi connectivity index (χ4n) is 4.29. The van der Waals surface area contributed by atoms with Gasteiger partial charge in [-0.3, -0.25) is 9.69 Å². The zero-order valence-electron chi connectivity index (χ0n) is 23.4. The minimum absolute atomic E-state index is 0.114. The predicted octanol–water partition coefficient (Wildman–Crippen LogP) is 3.68. The van der Waals surface area contributed by atoms with Gasteiger partial charge in [-0.15, -0.1) is 16.9 Å². The Hall–Kier alpha value is -4.17. The van der Waals surface area contributed by atoms with E-state index in [2.05, 4.69) is 26.1 Å². The van der Waals surface area contributed by atoms with Crippen LogP contribution in [0.25, 0.3) is 0 Å². The Bertz CT molecular complexity index is 1500. The van der Waals surface area contributed by atoms with E-state index in [1.807, 2.05) is 60.7 Å². The van der Waals surface area contributed by atoms with Gasteiger partial charge in [0.05, 0.1) is 0 Å². The first kappa shape index (κ1) is 29.3. The van der Waals surface area contributed by atoms with Crippen molar-refractivity contribution in [3.05, 3.63) is 83.1 Å². The number of aromatic nitrogens is 4. The van der Waals surface area contributed by atoms with Crippen LogP contribution in [0.4, 0.5) is 4.79 Å². The first-order valence-electron chi connectivity index (χ1n) is 13.0. The SMILES string of the molecule is Cn1nnnc1SCC1=C(C(=O)OC(c2ccccc2)c2ccccc2)N2C(=O)C(=NNC(=O)OC(C)(C)C)[C@@H]2SC1. The number of nitrogens with one attached hydrogen (secondary N) is 1. The van der Waals surface area contributed by atoms with Crippen LogP contribution in [0, 0.1) is 0 Å². The average molecular weight is 608 g/mol. The highest BCUT2D eigenvalue weighted by molar-refractivity contribution is 8.01. The van der Waals surface area contributed by atoms with Gasteiger partial charge in [-0.25, -0.2) is 19.7 Å². The number of rotatable bonds is 8. The van der Waals surface area contributed by atoms with E-state index < -0.39 is 35.0 Å². The summed E-state index contributed by atoms with van der Waals surface area (Å²) in [5, 5.41) is 15.5. The van der Waals surface area contributed by atoms with Crippen molar-refractivity contribution in [2.75, 3.05) is 11.5 Å². The normalized spacial score (nSPS) is 17.6. The molecule has 3 aromatic rings. The van der Waals surface area contributed by atoms with Gasteiger partial charge in [-0.1, -0.05) is 72.4 Å². The number of esters is 1. The van der Waals surface area contributed by atoms with Crippen molar-refractivity contribution < 1.29 is 23.9 Å². The third-order valence-electron chi connectivity index (χ3n) is 6.14. The van der Waals surface area contributed by atoms with Gasteiger partial charge in [-0.2, -0.15) is 5.10 Å². The Kier molecular flexibility index (Phi) is 8.64. The van der Waals surface area contributed by atoms with Gasteiger partial charge in [0.15, 0.2) is 11.8 Å². The third-order valence-corrected chi connectivity index (χ3v) is 8.51. The van der Waals surface area contributed by atoms with Crippen molar-refractivity contribution in [3.8, 4) is 0 Å². The van der Waals surface area contributed by atoms with E-state index in [0.717, 1.165) is 11.1 Å². The number of carbonyl (C=O) groups is 3. The molecule has 3 heterocycles. The molecule has 0 saturated carbocycles. The highest BCUT2D eigenvalue weighted by atomic mass is 32.2. The maximum atomic E-state index is 14.0. The number of fused-ring (bicyclic) bond motifs is 1. The number of tetrazole rings is 1. The summed E-state index contributed by atoms with van der Waals surface area (Å²) in [4.78, 5) is 40.9. The summed E-state index contributed by atoms with van der Waals surface area (Å²) in [6, 6.07) is 18.8. The van der Waals surface area contributed by atoms with Crippen molar-refractivity contribution in [1.82, 2.24) is 30.5 Å². The monoisotopic (exact) mass is 607 g/mol. The van der Waals surface area contributed by atoms with Crippen LogP contribution in [-0.4, -0.2) is 71.3 Å². The molecular formula is C28H29N7O5S2. The molecule has 0 aliphatic carbocycles. The number of thioether (sulfide) groups is 2. The highest BCUT2D eigenvalue weighted by Gasteiger charge is 2.52. The predicted molar refractivity (Wildman–Crippen MR) is 157 cm³/mol. The second-order valence-corrected chi connectivity index (χ2v) is 12.4. The zero-order valence-corrected chi connectivity index (χ0v) is 25.0. The van der Waals surface area contributed by atoms with Crippen molar-refractivity contribution in [2.24, 2.45) is 12.1 Å². The lowest BCUT2D eigenvalue weighted by atomic mass is 10.0. The van der Waals surface area contributed by atoms with Crippen molar-refractivity contribution >= 4 is 47.2 Å². The molecule has 218 valence electrons. The van der Waals surface area contributed by atoms with Gasteiger partial charge < -0.3 is 9.47 Å². The number of amides is 2. The Morgan fingerprint density at radius 1 is 1.12 bits per heavy atom. The molecular weight excluding hydrogens is 578 g/mol. The molecule has 0 radical (unpaired) electrons. The van der Waals surface area contributed by atoms with E-state index in [1.54, 1.807) is 27.8 Å². The molecule has 2 amide bonds. The molecule has 0 unspecified atom stereocenters. The second-order valence-electron chi connectivity index (χ2n) is 10.4. The molecule has 1 fully saturated rings. The number of β-lactam (4-membered cyclic amide) rings is 1. The fourth-order valence-corrected chi connectivity index (χ4v) is 6.54. The van der Waals surface area contributed by atoms with Gasteiger partial charge in [-0.05, 0) is 47.9 Å². The topological polar surface area (TPSA) is 141 Å². The molecule has 5 rings (SSSR count). The smallest absolute Gasteiger partial charge is 0.428 e. The van der Waals surface area contributed by atoms with E-state index in [-0.39, 0.29) is 11.4 Å². The minimum atomic E-state index is -0.778. The van der Waals surface area contributed by atoms with Crippen molar-refractivity contribution in [3.63, 3.8) is 0 Å². The quantitative estimate of drug-likeness (QED) is 0.174. The van der Waals surface area contributed by atoms with Crippen LogP contribution in [0.1, 0.15) is 38.0 Å². The lowest BCUT2D eigenvalue weighted by Crippen LogP contribution is -2.63. The number of benzene rings is 2. The van der Waals surface area contributed by atoms with Crippen LogP contribution in [0.15, 0.2) is 82.2 Å². The molecule has 2 aromatic carbocycles. The maximum Gasteiger partial charge on any atom is 0.428 e. The third kappa shape index (κ3) is 6.49. The van der Waals surface area contributed by atoms with Crippen molar-refractivity contribution in [2.45, 2.75) is 43.0 Å². The summed E-state index contributed by atoms with van der Waals surface area (Å²) < 4.78 is 12.9. The molecule has 2 aliphatic heterocycles. The first-order valence-corrected chi connectivity index (χ1v) is 15.1. The molecule has 2 aliphatic rings. The molecule has 42 heavy (non-hydrogen) atoms. The standard InChI is InChI=1S/C28H29N7O5S2/c1-28(2,3)40-27(38)31-29-20-23(36)35-21(19(15-41-24(20)35)16-42-26-30-32-33-34(26)4)25(37)39-22(17-11-7-5-8-12-17)18-13-9-6-10-14-18/h5-14,22,24H,15-16H2,1-4H3,(H,31,38)/t24-/m0/s1. The van der Waals surface area contributed by atoms with Gasteiger partial charge >= 0.3 is 12.1 Å². The van der Waals surface area contributed by atoms with Gasteiger partial charge in [0, 0.05) is 18.6 Å². The molecule has 1 atom stereocenters. The summed E-state index contributed by atoms with van der Waals surface area (Å²) >= 11 is 2.76. The van der Waals surface area contributed by atoms with E-state index in [1.165, 1.54) is 33.1 Å². The van der Waals surface area contributed by atoms with Crippen LogP contribution in [0.2, 0.25) is 0 Å². The first-order chi connectivity index (χ1) is 20.1. The Morgan fingerprint density at radius 3 is 2.33 bits per heavy atom. The number of hydrazone groups is 1. The second kappa shape index (κ2) is 12.4. The van der Waals surface area contributed by atoms with Gasteiger partial charge in [0.25, 0.3) is 5.91 Å². The van der Waals surface area contributed by atoms with Crippen LogP contribution in [0.3, 0.4) is 0 Å². The summed E-state index contributed by atoms with van der Waals surface area (Å²) in [6.45, 7) is 5.18. The molecule has 12 nitrogen and oxygen atoms in total. The zero-order chi connectivity index (χ0) is 29.9. The average Bonchev–Trinajstić information content (AvgIpc) is 3.38. The summed E-state index contributed by atoms with van der Waals surface area (Å²) in [7, 11) is 1.72. The number of hydrogen-bond donors (Lipinski definition) is 1. The fraction of sp³-hybridized carbons (Fsp3) is 0.321. The van der Waals surface area contributed by atoms with Crippen LogP contribution in [-0.2, 0) is 26.1 Å². The summed E-state index contributed by atoms with van der Waals surface area (Å²) in [5.74, 6) is -0.373. The van der Waals surface area contributed by atoms with E-state index in [9.17, 15) is 14.4 Å². The van der Waals surface area contributed by atoms with Crippen LogP contribution in [0.5, 0.6) is 0 Å². The highest BCUT2D eigenvalue weighted by Crippen LogP contribution is 2.41. The lowest BCUT2D eigenvalue weighted by Gasteiger charge is -2.44. The molecule has 1 saturated heterocycles. The Balaban J connectivity index is 1.44. The molecule has 1 N–H and O–H groups in total. The van der Waals surface area contributed by atoms with Crippen LogP contribution < -0.4 is 5.43 Å². The number of nitrogens with zero attached hydrogens (tertiary/aromatic N) is 6. The van der Waals surface area contributed by atoms with Crippen molar-refractivity contribution in [1.29, 1.82) is 0 Å². The van der Waals surface area contributed by atoms with Gasteiger partial charge in [0.2, 0.25) is 5.16 Å². The number of ether oxygens (including phenoxy) is 2. The number of carbonyl (C=O) groups excluding carboxylic acids is 3.